The van der Waals surface area contributed by atoms with Crippen molar-refractivity contribution in [3.05, 3.63) is 0 Å². The summed E-state index contributed by atoms with van der Waals surface area (Å²) in [5.74, 6) is -0.846. The molecule has 1 amide bonds. The molecule has 112 valence electrons. The predicted octanol–water partition coefficient (Wildman–Crippen LogP) is 0.668. The number of carboxylic acid groups (broad SMARTS) is 1. The zero-order valence-electron chi connectivity index (χ0n) is 12.2. The molecule has 0 aromatic heterocycles. The highest BCUT2D eigenvalue weighted by atomic mass is 16.5. The number of hydrogen-bond donors (Lipinski definition) is 1. The molecule has 0 saturated carbocycles. The maximum absolute atomic E-state index is 12.0. The highest BCUT2D eigenvalue weighted by Crippen LogP contribution is 2.03. The summed E-state index contributed by atoms with van der Waals surface area (Å²) in [6.45, 7) is 2.68. The van der Waals surface area contributed by atoms with E-state index in [0.29, 0.717) is 26.1 Å². The van der Waals surface area contributed by atoms with Gasteiger partial charge in [-0.05, 0) is 33.5 Å². The minimum Gasteiger partial charge on any atom is -0.481 e. The molecule has 0 fully saturated rings. The van der Waals surface area contributed by atoms with Gasteiger partial charge >= 0.3 is 5.97 Å². The normalized spacial score (nSPS) is 10.7. The van der Waals surface area contributed by atoms with Crippen molar-refractivity contribution >= 4 is 11.9 Å². The molecule has 0 heterocycles. The number of amides is 1. The van der Waals surface area contributed by atoms with Crippen molar-refractivity contribution in [3.63, 3.8) is 0 Å². The number of carboxylic acids is 1. The Balaban J connectivity index is 4.07. The van der Waals surface area contributed by atoms with E-state index in [1.165, 1.54) is 0 Å². The fourth-order valence-electron chi connectivity index (χ4n) is 1.69. The summed E-state index contributed by atoms with van der Waals surface area (Å²) in [7, 11) is 5.59. The molecule has 0 atom stereocenters. The Labute approximate surface area is 115 Å². The summed E-state index contributed by atoms with van der Waals surface area (Å²) in [5, 5.41) is 8.56. The molecule has 1 N–H and O–H groups in total. The Morgan fingerprint density at radius 3 is 2.26 bits per heavy atom. The first-order valence-electron chi connectivity index (χ1n) is 6.60. The second-order valence-electron chi connectivity index (χ2n) is 4.78. The molecule has 0 aliphatic rings. The molecule has 0 rings (SSSR count). The Hall–Kier alpha value is -1.14. The summed E-state index contributed by atoms with van der Waals surface area (Å²) >= 11 is 0. The van der Waals surface area contributed by atoms with Gasteiger partial charge in [-0.2, -0.15) is 0 Å². The van der Waals surface area contributed by atoms with E-state index in [4.69, 9.17) is 9.84 Å². The third-order valence-electron chi connectivity index (χ3n) is 2.73. The number of carbonyl (C=O) groups excluding carboxylic acids is 1. The zero-order valence-corrected chi connectivity index (χ0v) is 12.2. The van der Waals surface area contributed by atoms with Crippen LogP contribution < -0.4 is 0 Å². The van der Waals surface area contributed by atoms with Crippen LogP contribution in [-0.4, -0.2) is 74.2 Å². The Morgan fingerprint density at radius 1 is 1.05 bits per heavy atom. The average Bonchev–Trinajstić information content (AvgIpc) is 2.32. The number of methoxy groups -OCH3 is 1. The lowest BCUT2D eigenvalue weighted by molar-refractivity contribution is -0.137. The first kappa shape index (κ1) is 17.9. The molecule has 0 spiro atoms. The zero-order chi connectivity index (χ0) is 14.7. The lowest BCUT2D eigenvalue weighted by Gasteiger charge is -2.23. The van der Waals surface area contributed by atoms with Gasteiger partial charge in [-0.15, -0.1) is 0 Å². The van der Waals surface area contributed by atoms with Crippen LogP contribution in [0.25, 0.3) is 0 Å². The van der Waals surface area contributed by atoms with E-state index >= 15 is 0 Å². The van der Waals surface area contributed by atoms with Crippen LogP contribution in [0, 0.1) is 0 Å². The lowest BCUT2D eigenvalue weighted by Crippen LogP contribution is -2.35. The number of aliphatic carboxylic acids is 1. The summed E-state index contributed by atoms with van der Waals surface area (Å²) in [5.41, 5.74) is 0. The van der Waals surface area contributed by atoms with Crippen LogP contribution in [0.4, 0.5) is 0 Å². The highest BCUT2D eigenvalue weighted by molar-refractivity contribution is 5.77. The van der Waals surface area contributed by atoms with E-state index in [2.05, 4.69) is 4.90 Å². The minimum absolute atomic E-state index is 0.0112. The second kappa shape index (κ2) is 10.8. The van der Waals surface area contributed by atoms with Crippen LogP contribution in [0.1, 0.15) is 25.7 Å². The van der Waals surface area contributed by atoms with Gasteiger partial charge in [-0.25, -0.2) is 0 Å². The lowest BCUT2D eigenvalue weighted by atomic mass is 10.2. The van der Waals surface area contributed by atoms with E-state index in [1.807, 2.05) is 14.1 Å². The number of hydrogen-bond acceptors (Lipinski definition) is 4. The van der Waals surface area contributed by atoms with Crippen molar-refractivity contribution in [1.29, 1.82) is 0 Å². The Bertz CT molecular complexity index is 269. The van der Waals surface area contributed by atoms with Crippen molar-refractivity contribution < 1.29 is 19.4 Å². The van der Waals surface area contributed by atoms with Crippen LogP contribution in [0.3, 0.4) is 0 Å². The van der Waals surface area contributed by atoms with Crippen LogP contribution in [0.15, 0.2) is 0 Å². The molecule has 0 unspecified atom stereocenters. The van der Waals surface area contributed by atoms with Gasteiger partial charge in [0.05, 0.1) is 6.61 Å². The molecule has 6 heteroatoms. The van der Waals surface area contributed by atoms with Crippen molar-refractivity contribution in [3.8, 4) is 0 Å². The Kier molecular flexibility index (Phi) is 10.1. The van der Waals surface area contributed by atoms with Crippen LogP contribution in [0.5, 0.6) is 0 Å². The van der Waals surface area contributed by atoms with Crippen LogP contribution in [-0.2, 0) is 14.3 Å². The van der Waals surface area contributed by atoms with Gasteiger partial charge in [0.1, 0.15) is 0 Å². The van der Waals surface area contributed by atoms with Gasteiger partial charge in [0.2, 0.25) is 5.91 Å². The van der Waals surface area contributed by atoms with Gasteiger partial charge < -0.3 is 19.6 Å². The Morgan fingerprint density at radius 2 is 1.74 bits per heavy atom. The largest absolute Gasteiger partial charge is 0.481 e. The summed E-state index contributed by atoms with van der Waals surface area (Å²) < 4.78 is 4.99. The summed E-state index contributed by atoms with van der Waals surface area (Å²) in [4.78, 5) is 26.2. The topological polar surface area (TPSA) is 70.1 Å². The van der Waals surface area contributed by atoms with E-state index < -0.39 is 5.97 Å². The molecule has 0 aliphatic carbocycles. The third kappa shape index (κ3) is 10.5. The number of rotatable bonds is 11. The molecular formula is C13H26N2O4. The smallest absolute Gasteiger partial charge is 0.303 e. The molecule has 0 saturated heterocycles. The maximum Gasteiger partial charge on any atom is 0.303 e. The maximum atomic E-state index is 12.0. The minimum atomic E-state index is -0.858. The van der Waals surface area contributed by atoms with Gasteiger partial charge in [-0.1, -0.05) is 0 Å². The third-order valence-corrected chi connectivity index (χ3v) is 2.73. The summed E-state index contributed by atoms with van der Waals surface area (Å²) in [6, 6.07) is 0. The first-order valence-corrected chi connectivity index (χ1v) is 6.60. The molecule has 6 nitrogen and oxygen atoms in total. The van der Waals surface area contributed by atoms with Crippen LogP contribution >= 0.6 is 0 Å². The molecule has 0 aromatic rings. The molecule has 0 aromatic carbocycles. The molecule has 19 heavy (non-hydrogen) atoms. The van der Waals surface area contributed by atoms with Gasteiger partial charge in [0.15, 0.2) is 0 Å². The van der Waals surface area contributed by atoms with E-state index in [9.17, 15) is 9.59 Å². The van der Waals surface area contributed by atoms with Crippen molar-refractivity contribution in [1.82, 2.24) is 9.80 Å². The number of carbonyl (C=O) groups is 2. The summed E-state index contributed by atoms with van der Waals surface area (Å²) in [6.07, 6.45) is 1.63. The highest BCUT2D eigenvalue weighted by Gasteiger charge is 2.13. The molecule has 0 bridgehead atoms. The standard InChI is InChI=1S/C13H26N2O4/c1-14(2)8-5-9-15(10-11-19-3)12(16)6-4-7-13(17)18/h4-11H2,1-3H3,(H,17,18). The fraction of sp³-hybridized carbons (Fsp3) is 0.846. The van der Waals surface area contributed by atoms with Crippen molar-refractivity contribution in [2.24, 2.45) is 0 Å². The second-order valence-corrected chi connectivity index (χ2v) is 4.78. The van der Waals surface area contributed by atoms with E-state index in [-0.39, 0.29) is 18.7 Å². The van der Waals surface area contributed by atoms with Gasteiger partial charge in [0, 0.05) is 33.0 Å². The van der Waals surface area contributed by atoms with Crippen molar-refractivity contribution in [2.75, 3.05) is 47.4 Å². The molecular weight excluding hydrogens is 248 g/mol. The quantitative estimate of drug-likeness (QED) is 0.599. The average molecular weight is 274 g/mol. The van der Waals surface area contributed by atoms with Crippen LogP contribution in [0.2, 0.25) is 0 Å². The SMILES string of the molecule is COCCN(CCCN(C)C)C(=O)CCCC(=O)O. The van der Waals surface area contributed by atoms with Gasteiger partial charge in [-0.3, -0.25) is 9.59 Å². The monoisotopic (exact) mass is 274 g/mol. The number of nitrogens with zero attached hydrogens (tertiary/aromatic N) is 2. The molecule has 0 aliphatic heterocycles. The van der Waals surface area contributed by atoms with Gasteiger partial charge in [0.25, 0.3) is 0 Å². The number of ether oxygens (including phenoxy) is 1. The fourth-order valence-corrected chi connectivity index (χ4v) is 1.69. The van der Waals surface area contributed by atoms with E-state index in [1.54, 1.807) is 12.0 Å². The van der Waals surface area contributed by atoms with E-state index in [0.717, 1.165) is 13.0 Å². The predicted molar refractivity (Wildman–Crippen MR) is 73.1 cm³/mol. The van der Waals surface area contributed by atoms with Crippen molar-refractivity contribution in [2.45, 2.75) is 25.7 Å². The first-order chi connectivity index (χ1) is 8.97. The molecule has 0 radical (unpaired) electrons.